The van der Waals surface area contributed by atoms with Crippen molar-refractivity contribution in [2.45, 2.75) is 32.4 Å². The highest BCUT2D eigenvalue weighted by Gasteiger charge is 2.34. The third kappa shape index (κ3) is 3.83. The predicted octanol–water partition coefficient (Wildman–Crippen LogP) is 2.33. The van der Waals surface area contributed by atoms with Crippen molar-refractivity contribution in [1.29, 1.82) is 0 Å². The number of hydrogen-bond acceptors (Lipinski definition) is 5. The first-order valence-corrected chi connectivity index (χ1v) is 8.47. The standard InChI is InChI=1S/C19H21N3O4/c1-12-8-13(11-20)9-17(21-12)26-15-5-2-4-14(10-15)18(23)22-7-3-6-16(22)19(24)25/h2,4-5,8-10,16H,3,6-7,11,20H2,1H3,(H,24,25)/t16-/m0/s1. The number of aromatic nitrogens is 1. The van der Waals surface area contributed by atoms with Crippen LogP contribution in [0.3, 0.4) is 0 Å². The maximum atomic E-state index is 12.7. The number of carbonyl (C=O) groups excluding carboxylic acids is 1. The number of ether oxygens (including phenoxy) is 1. The number of rotatable bonds is 5. The van der Waals surface area contributed by atoms with Crippen molar-refractivity contribution < 1.29 is 19.4 Å². The molecule has 1 aromatic carbocycles. The second kappa shape index (κ2) is 7.53. The molecule has 26 heavy (non-hydrogen) atoms. The second-order valence-corrected chi connectivity index (χ2v) is 6.28. The van der Waals surface area contributed by atoms with E-state index in [-0.39, 0.29) is 5.91 Å². The zero-order chi connectivity index (χ0) is 18.7. The van der Waals surface area contributed by atoms with Gasteiger partial charge < -0.3 is 20.5 Å². The highest BCUT2D eigenvalue weighted by atomic mass is 16.5. The molecule has 2 aromatic rings. The SMILES string of the molecule is Cc1cc(CN)cc(Oc2cccc(C(=O)N3CCC[C@H]3C(=O)O)c2)n1. The quantitative estimate of drug-likeness (QED) is 0.853. The fourth-order valence-corrected chi connectivity index (χ4v) is 3.12. The Morgan fingerprint density at radius 1 is 1.35 bits per heavy atom. The van der Waals surface area contributed by atoms with E-state index < -0.39 is 12.0 Å². The number of carbonyl (C=O) groups is 2. The molecular weight excluding hydrogens is 334 g/mol. The molecule has 0 spiro atoms. The zero-order valence-electron chi connectivity index (χ0n) is 14.5. The Bertz CT molecular complexity index is 837. The summed E-state index contributed by atoms with van der Waals surface area (Å²) in [7, 11) is 0. The highest BCUT2D eigenvalue weighted by molar-refractivity contribution is 5.97. The van der Waals surface area contributed by atoms with Gasteiger partial charge in [0.15, 0.2) is 0 Å². The van der Waals surface area contributed by atoms with Crippen LogP contribution in [0.15, 0.2) is 36.4 Å². The lowest BCUT2D eigenvalue weighted by Gasteiger charge is -2.21. The summed E-state index contributed by atoms with van der Waals surface area (Å²) in [4.78, 5) is 29.7. The minimum absolute atomic E-state index is 0.305. The van der Waals surface area contributed by atoms with E-state index in [1.807, 2.05) is 13.0 Å². The van der Waals surface area contributed by atoms with E-state index in [0.29, 0.717) is 43.1 Å². The molecule has 3 rings (SSSR count). The van der Waals surface area contributed by atoms with Gasteiger partial charge in [0.2, 0.25) is 5.88 Å². The largest absolute Gasteiger partial charge is 0.480 e. The molecule has 1 aliphatic heterocycles. The van der Waals surface area contributed by atoms with Crippen LogP contribution in [-0.2, 0) is 11.3 Å². The number of nitrogens with zero attached hydrogens (tertiary/aromatic N) is 2. The molecule has 1 aliphatic rings. The molecule has 1 atom stereocenters. The summed E-state index contributed by atoms with van der Waals surface area (Å²) in [5.74, 6) is -0.413. The van der Waals surface area contributed by atoms with E-state index in [9.17, 15) is 14.7 Å². The topological polar surface area (TPSA) is 106 Å². The van der Waals surface area contributed by atoms with Crippen LogP contribution in [0.4, 0.5) is 0 Å². The van der Waals surface area contributed by atoms with Crippen molar-refractivity contribution in [3.63, 3.8) is 0 Å². The fraction of sp³-hybridized carbons (Fsp3) is 0.316. The Balaban J connectivity index is 1.81. The summed E-state index contributed by atoms with van der Waals surface area (Å²) in [6, 6.07) is 9.55. The maximum Gasteiger partial charge on any atom is 0.326 e. The van der Waals surface area contributed by atoms with Crippen LogP contribution in [0, 0.1) is 6.92 Å². The van der Waals surface area contributed by atoms with E-state index in [1.165, 1.54) is 4.90 Å². The van der Waals surface area contributed by atoms with Gasteiger partial charge in [-0.1, -0.05) is 6.07 Å². The Morgan fingerprint density at radius 2 is 2.15 bits per heavy atom. The molecule has 7 nitrogen and oxygen atoms in total. The number of likely N-dealkylation sites (tertiary alicyclic amines) is 1. The monoisotopic (exact) mass is 355 g/mol. The van der Waals surface area contributed by atoms with Crippen LogP contribution in [0.2, 0.25) is 0 Å². The molecule has 0 aliphatic carbocycles. The maximum absolute atomic E-state index is 12.7. The number of carboxylic acid groups (broad SMARTS) is 1. The molecular formula is C19H21N3O4. The van der Waals surface area contributed by atoms with Crippen molar-refractivity contribution in [3.05, 3.63) is 53.2 Å². The summed E-state index contributed by atoms with van der Waals surface area (Å²) < 4.78 is 5.78. The molecule has 1 saturated heterocycles. The minimum atomic E-state index is -0.971. The van der Waals surface area contributed by atoms with Gasteiger partial charge in [-0.25, -0.2) is 9.78 Å². The number of pyridine rings is 1. The van der Waals surface area contributed by atoms with Gasteiger partial charge in [-0.15, -0.1) is 0 Å². The van der Waals surface area contributed by atoms with Gasteiger partial charge in [-0.05, 0) is 49.6 Å². The van der Waals surface area contributed by atoms with Gasteiger partial charge in [-0.3, -0.25) is 4.79 Å². The first-order chi connectivity index (χ1) is 12.5. The van der Waals surface area contributed by atoms with E-state index in [4.69, 9.17) is 10.5 Å². The van der Waals surface area contributed by atoms with Gasteiger partial charge in [0, 0.05) is 30.4 Å². The van der Waals surface area contributed by atoms with E-state index >= 15 is 0 Å². The first-order valence-electron chi connectivity index (χ1n) is 8.47. The molecule has 1 amide bonds. The lowest BCUT2D eigenvalue weighted by Crippen LogP contribution is -2.40. The number of carboxylic acids is 1. The number of aliphatic carboxylic acids is 1. The third-order valence-corrected chi connectivity index (χ3v) is 4.33. The number of amides is 1. The average molecular weight is 355 g/mol. The molecule has 0 saturated carbocycles. The van der Waals surface area contributed by atoms with Crippen LogP contribution in [0.5, 0.6) is 11.6 Å². The Morgan fingerprint density at radius 3 is 2.88 bits per heavy atom. The summed E-state index contributed by atoms with van der Waals surface area (Å²) >= 11 is 0. The third-order valence-electron chi connectivity index (χ3n) is 4.33. The van der Waals surface area contributed by atoms with Gasteiger partial charge in [0.05, 0.1) is 0 Å². The van der Waals surface area contributed by atoms with Crippen molar-refractivity contribution in [2.24, 2.45) is 5.73 Å². The average Bonchev–Trinajstić information content (AvgIpc) is 3.10. The number of nitrogens with two attached hydrogens (primary N) is 1. The number of hydrogen-bond donors (Lipinski definition) is 2. The van der Waals surface area contributed by atoms with Crippen LogP contribution < -0.4 is 10.5 Å². The summed E-state index contributed by atoms with van der Waals surface area (Å²) in [6.07, 6.45) is 1.17. The van der Waals surface area contributed by atoms with E-state index in [1.54, 1.807) is 30.3 Å². The normalized spacial score (nSPS) is 16.5. The second-order valence-electron chi connectivity index (χ2n) is 6.28. The van der Waals surface area contributed by atoms with Crippen LogP contribution in [0.1, 0.15) is 34.5 Å². The van der Waals surface area contributed by atoms with Gasteiger partial charge in [0.25, 0.3) is 5.91 Å². The molecule has 2 heterocycles. The van der Waals surface area contributed by atoms with Crippen molar-refractivity contribution in [1.82, 2.24) is 9.88 Å². The van der Waals surface area contributed by atoms with Crippen LogP contribution in [0.25, 0.3) is 0 Å². The Hall–Kier alpha value is -2.93. The van der Waals surface area contributed by atoms with Crippen molar-refractivity contribution >= 4 is 11.9 Å². The van der Waals surface area contributed by atoms with Crippen LogP contribution in [-0.4, -0.2) is 39.5 Å². The molecule has 0 bridgehead atoms. The summed E-state index contributed by atoms with van der Waals surface area (Å²) in [6.45, 7) is 2.68. The van der Waals surface area contributed by atoms with Gasteiger partial charge in [-0.2, -0.15) is 0 Å². The lowest BCUT2D eigenvalue weighted by molar-refractivity contribution is -0.141. The molecule has 7 heteroatoms. The molecule has 0 radical (unpaired) electrons. The number of aryl methyl sites for hydroxylation is 1. The fourth-order valence-electron chi connectivity index (χ4n) is 3.12. The van der Waals surface area contributed by atoms with Gasteiger partial charge >= 0.3 is 5.97 Å². The smallest absolute Gasteiger partial charge is 0.326 e. The molecule has 0 unspecified atom stereocenters. The van der Waals surface area contributed by atoms with E-state index in [2.05, 4.69) is 4.98 Å². The molecule has 1 aromatic heterocycles. The minimum Gasteiger partial charge on any atom is -0.480 e. The molecule has 1 fully saturated rings. The lowest BCUT2D eigenvalue weighted by atomic mass is 10.1. The van der Waals surface area contributed by atoms with Crippen LogP contribution >= 0.6 is 0 Å². The molecule has 136 valence electrons. The molecule has 3 N–H and O–H groups in total. The predicted molar refractivity (Wildman–Crippen MR) is 95.1 cm³/mol. The highest BCUT2D eigenvalue weighted by Crippen LogP contribution is 2.25. The summed E-state index contributed by atoms with van der Waals surface area (Å²) in [5, 5.41) is 9.27. The van der Waals surface area contributed by atoms with Crippen molar-refractivity contribution in [2.75, 3.05) is 6.54 Å². The van der Waals surface area contributed by atoms with Crippen molar-refractivity contribution in [3.8, 4) is 11.6 Å². The summed E-state index contributed by atoms with van der Waals surface area (Å²) in [5.41, 5.74) is 7.75. The first kappa shape index (κ1) is 17.9. The zero-order valence-corrected chi connectivity index (χ0v) is 14.5. The Labute approximate surface area is 151 Å². The van der Waals surface area contributed by atoms with E-state index in [0.717, 1.165) is 11.3 Å². The number of benzene rings is 1. The Kier molecular flexibility index (Phi) is 5.18. The van der Waals surface area contributed by atoms with Gasteiger partial charge in [0.1, 0.15) is 11.8 Å².